The zero-order chi connectivity index (χ0) is 19.9. The second kappa shape index (κ2) is 7.07. The number of nitrogens with zero attached hydrogens (tertiary/aromatic N) is 1. The van der Waals surface area contributed by atoms with Crippen molar-refractivity contribution >= 4 is 12.0 Å². The monoisotopic (exact) mass is 359 g/mol. The lowest BCUT2D eigenvalue weighted by atomic mass is 9.78. The molecule has 1 aliphatic rings. The van der Waals surface area contributed by atoms with Gasteiger partial charge >= 0.3 is 0 Å². The van der Waals surface area contributed by atoms with E-state index >= 15 is 0 Å². The molecule has 0 saturated carbocycles. The normalized spacial score (nSPS) is 18.1. The molecule has 1 saturated heterocycles. The van der Waals surface area contributed by atoms with E-state index in [-0.39, 0.29) is 22.8 Å². The van der Waals surface area contributed by atoms with E-state index in [0.29, 0.717) is 18.8 Å². The maximum Gasteiger partial charge on any atom is 0.273 e. The molecule has 1 aromatic carbocycles. The molecule has 144 valence electrons. The molecule has 0 unspecified atom stereocenters. The highest BCUT2D eigenvalue weighted by atomic mass is 16.7. The van der Waals surface area contributed by atoms with Crippen LogP contribution in [0.25, 0.3) is 6.08 Å². The molecule has 1 aliphatic heterocycles. The molecule has 1 N–H and O–H groups in total. The molecule has 1 heterocycles. The average Bonchev–Trinajstić information content (AvgIpc) is 2.48. The minimum absolute atomic E-state index is 0.00119. The van der Waals surface area contributed by atoms with Crippen molar-refractivity contribution in [1.29, 1.82) is 0 Å². The lowest BCUT2D eigenvalue weighted by Crippen LogP contribution is -2.41. The number of hydrogen-bond acceptors (Lipinski definition) is 3. The zero-order valence-corrected chi connectivity index (χ0v) is 17.4. The number of rotatable bonds is 2. The second-order valence-corrected chi connectivity index (χ2v) is 9.44. The molecule has 0 atom stereocenters. The van der Waals surface area contributed by atoms with E-state index < -0.39 is 0 Å². The van der Waals surface area contributed by atoms with Crippen LogP contribution in [0.1, 0.15) is 78.5 Å². The van der Waals surface area contributed by atoms with E-state index in [2.05, 4.69) is 41.5 Å². The molecule has 1 aromatic rings. The van der Waals surface area contributed by atoms with Gasteiger partial charge in [0.2, 0.25) is 0 Å². The molecule has 0 bridgehead atoms. The van der Waals surface area contributed by atoms with Crippen LogP contribution in [-0.4, -0.2) is 28.7 Å². The van der Waals surface area contributed by atoms with Crippen LogP contribution in [0, 0.1) is 0 Å². The van der Waals surface area contributed by atoms with Crippen LogP contribution in [-0.2, 0) is 20.5 Å². The summed E-state index contributed by atoms with van der Waals surface area (Å²) in [5.74, 6) is 0.281. The predicted molar refractivity (Wildman–Crippen MR) is 106 cm³/mol. The zero-order valence-electron chi connectivity index (χ0n) is 17.4. The predicted octanol–water partition coefficient (Wildman–Crippen LogP) is 4.94. The van der Waals surface area contributed by atoms with Crippen molar-refractivity contribution in [1.82, 2.24) is 5.06 Å². The summed E-state index contributed by atoms with van der Waals surface area (Å²) < 4.78 is 0. The Morgan fingerprint density at radius 2 is 1.58 bits per heavy atom. The number of amides is 1. The van der Waals surface area contributed by atoms with Gasteiger partial charge < -0.3 is 5.11 Å². The van der Waals surface area contributed by atoms with E-state index in [1.165, 1.54) is 5.06 Å². The topological polar surface area (TPSA) is 49.8 Å². The second-order valence-electron chi connectivity index (χ2n) is 9.44. The first-order valence-corrected chi connectivity index (χ1v) is 9.37. The van der Waals surface area contributed by atoms with Crippen molar-refractivity contribution in [3.05, 3.63) is 34.4 Å². The highest BCUT2D eigenvalue weighted by Crippen LogP contribution is 2.40. The van der Waals surface area contributed by atoms with E-state index in [9.17, 15) is 9.90 Å². The summed E-state index contributed by atoms with van der Waals surface area (Å²) in [5, 5.41) is 12.3. The minimum Gasteiger partial charge on any atom is -0.507 e. The largest absolute Gasteiger partial charge is 0.507 e. The summed E-state index contributed by atoms with van der Waals surface area (Å²) in [7, 11) is 0. The first kappa shape index (κ1) is 20.5. The molecule has 0 spiro atoms. The Kier molecular flexibility index (Phi) is 5.57. The van der Waals surface area contributed by atoms with Crippen LogP contribution >= 0.6 is 0 Å². The molecule has 1 fully saturated rings. The number of hydroxylamine groups is 2. The van der Waals surface area contributed by atoms with Gasteiger partial charge in [0.05, 0.1) is 12.6 Å². The number of benzene rings is 1. The van der Waals surface area contributed by atoms with Gasteiger partial charge in [-0.15, -0.1) is 0 Å². The Labute approximate surface area is 157 Å². The summed E-state index contributed by atoms with van der Waals surface area (Å²) in [6.07, 6.45) is 2.54. The number of phenols is 1. The molecule has 4 nitrogen and oxygen atoms in total. The third-order valence-corrected chi connectivity index (χ3v) is 4.63. The number of carbonyl (C=O) groups excluding carboxylic acids is 1. The van der Waals surface area contributed by atoms with E-state index in [4.69, 9.17) is 4.84 Å². The molecule has 0 radical (unpaired) electrons. The highest BCUT2D eigenvalue weighted by Gasteiger charge is 2.29. The van der Waals surface area contributed by atoms with Crippen LogP contribution < -0.4 is 0 Å². The molecular formula is C22H33NO3. The fourth-order valence-corrected chi connectivity index (χ4v) is 3.16. The van der Waals surface area contributed by atoms with Gasteiger partial charge in [0.25, 0.3) is 5.91 Å². The van der Waals surface area contributed by atoms with Crippen LogP contribution in [0.3, 0.4) is 0 Å². The average molecular weight is 360 g/mol. The lowest BCUT2D eigenvalue weighted by Gasteiger charge is -2.31. The van der Waals surface area contributed by atoms with Crippen molar-refractivity contribution in [2.45, 2.75) is 78.7 Å². The fraction of sp³-hybridized carbons (Fsp3) is 0.591. The first-order chi connectivity index (χ1) is 11.8. The molecule has 0 aromatic heterocycles. The van der Waals surface area contributed by atoms with Crippen LogP contribution in [0.4, 0.5) is 0 Å². The Morgan fingerprint density at radius 3 is 2.00 bits per heavy atom. The number of aromatic hydroxyl groups is 1. The molecule has 26 heavy (non-hydrogen) atoms. The maximum absolute atomic E-state index is 12.7. The smallest absolute Gasteiger partial charge is 0.273 e. The van der Waals surface area contributed by atoms with Gasteiger partial charge in [0.15, 0.2) is 0 Å². The van der Waals surface area contributed by atoms with Gasteiger partial charge in [-0.2, -0.15) is 0 Å². The summed E-state index contributed by atoms with van der Waals surface area (Å²) >= 11 is 0. The lowest BCUT2D eigenvalue weighted by molar-refractivity contribution is -0.200. The maximum atomic E-state index is 12.7. The number of carbonyl (C=O) groups is 1. The van der Waals surface area contributed by atoms with Crippen molar-refractivity contribution < 1.29 is 14.7 Å². The van der Waals surface area contributed by atoms with E-state index in [1.807, 2.05) is 32.1 Å². The van der Waals surface area contributed by atoms with Gasteiger partial charge in [-0.05, 0) is 48.4 Å². The summed E-state index contributed by atoms with van der Waals surface area (Å²) in [6.45, 7) is 16.9. The molecule has 0 aliphatic carbocycles. The summed E-state index contributed by atoms with van der Waals surface area (Å²) in [4.78, 5) is 18.2. The van der Waals surface area contributed by atoms with Gasteiger partial charge in [-0.1, -0.05) is 41.5 Å². The van der Waals surface area contributed by atoms with Crippen LogP contribution in [0.5, 0.6) is 5.75 Å². The summed E-state index contributed by atoms with van der Waals surface area (Å²) in [6, 6.07) is 4.00. The molecule has 1 amide bonds. The third-order valence-electron chi connectivity index (χ3n) is 4.63. The van der Waals surface area contributed by atoms with Crippen molar-refractivity contribution in [3.63, 3.8) is 0 Å². The van der Waals surface area contributed by atoms with E-state index in [1.54, 1.807) is 0 Å². The van der Waals surface area contributed by atoms with Crippen molar-refractivity contribution in [2.24, 2.45) is 0 Å². The fourth-order valence-electron chi connectivity index (χ4n) is 3.16. The Bertz CT molecular complexity index is 683. The van der Waals surface area contributed by atoms with Crippen LogP contribution in [0.15, 0.2) is 17.7 Å². The van der Waals surface area contributed by atoms with Crippen LogP contribution in [0.2, 0.25) is 0 Å². The Hall–Kier alpha value is -1.81. The SMILES string of the molecule is CC(C)N1OCCC(=Cc2cc(C(C)(C)C)c(O)c(C(C)(C)C)c2)C1=O. The highest BCUT2D eigenvalue weighted by molar-refractivity contribution is 5.98. The Balaban J connectivity index is 2.58. The first-order valence-electron chi connectivity index (χ1n) is 9.37. The summed E-state index contributed by atoms with van der Waals surface area (Å²) in [5.41, 5.74) is 3.11. The van der Waals surface area contributed by atoms with Gasteiger partial charge in [0.1, 0.15) is 5.75 Å². The molecular weight excluding hydrogens is 326 g/mol. The van der Waals surface area contributed by atoms with Crippen molar-refractivity contribution in [3.8, 4) is 5.75 Å². The molecule has 4 heteroatoms. The molecule has 2 rings (SSSR count). The Morgan fingerprint density at radius 1 is 1.08 bits per heavy atom. The minimum atomic E-state index is -0.192. The quantitative estimate of drug-likeness (QED) is 0.761. The van der Waals surface area contributed by atoms with E-state index in [0.717, 1.165) is 22.3 Å². The standard InChI is InChI=1S/C22H33NO3/c1-14(2)23-20(25)16(9-10-26-23)11-15-12-17(21(3,4)5)19(24)18(13-15)22(6,7)8/h11-14,24H,9-10H2,1-8H3. The van der Waals surface area contributed by atoms with Gasteiger partial charge in [-0.3, -0.25) is 9.63 Å². The van der Waals surface area contributed by atoms with Gasteiger partial charge in [-0.25, -0.2) is 5.06 Å². The van der Waals surface area contributed by atoms with Gasteiger partial charge in [0, 0.05) is 23.1 Å². The number of hydrogen-bond donors (Lipinski definition) is 1. The third kappa shape index (κ3) is 4.29. The van der Waals surface area contributed by atoms with Crippen molar-refractivity contribution in [2.75, 3.05) is 6.61 Å². The number of phenolic OH excluding ortho intramolecular Hbond substituents is 1.